The Labute approximate surface area is 157 Å². The average Bonchev–Trinajstić information content (AvgIpc) is 2.52. The number of carbonyl (C=O) groups excluding carboxylic acids is 1. The molecule has 0 radical (unpaired) electrons. The van der Waals surface area contributed by atoms with Gasteiger partial charge in [-0.05, 0) is 46.2 Å². The molecular formula is C20H31NO4S. The van der Waals surface area contributed by atoms with Crippen LogP contribution in [0.2, 0.25) is 0 Å². The van der Waals surface area contributed by atoms with Crippen LogP contribution in [0, 0.1) is 6.92 Å². The molecular weight excluding hydrogens is 350 g/mol. The Kier molecular flexibility index (Phi) is 8.03. The van der Waals surface area contributed by atoms with Crippen LogP contribution in [-0.4, -0.2) is 26.0 Å². The highest BCUT2D eigenvalue weighted by Gasteiger charge is 2.28. The smallest absolute Gasteiger partial charge is 0.335 e. The van der Waals surface area contributed by atoms with Gasteiger partial charge in [0.25, 0.3) is 0 Å². The van der Waals surface area contributed by atoms with Gasteiger partial charge in [-0.1, -0.05) is 50.5 Å². The van der Waals surface area contributed by atoms with Gasteiger partial charge in [-0.3, -0.25) is 0 Å². The molecule has 1 aromatic carbocycles. The number of nitrogens with one attached hydrogen (secondary N) is 1. The minimum atomic E-state index is -3.75. The van der Waals surface area contributed by atoms with Gasteiger partial charge < -0.3 is 4.74 Å². The van der Waals surface area contributed by atoms with E-state index in [0.29, 0.717) is 6.42 Å². The Bertz CT molecular complexity index is 715. The maximum Gasteiger partial charge on any atom is 0.335 e. The van der Waals surface area contributed by atoms with E-state index < -0.39 is 27.6 Å². The predicted molar refractivity (Wildman–Crippen MR) is 104 cm³/mol. The summed E-state index contributed by atoms with van der Waals surface area (Å²) < 4.78 is 33.4. The van der Waals surface area contributed by atoms with Crippen LogP contribution in [-0.2, 0) is 19.6 Å². The van der Waals surface area contributed by atoms with Gasteiger partial charge in [0, 0.05) is 5.57 Å². The lowest BCUT2D eigenvalue weighted by molar-refractivity contribution is -0.150. The van der Waals surface area contributed by atoms with E-state index >= 15 is 0 Å². The Morgan fingerprint density at radius 1 is 1.19 bits per heavy atom. The van der Waals surface area contributed by atoms with Gasteiger partial charge >= 0.3 is 5.97 Å². The fraction of sp³-hybridized carbons (Fsp3) is 0.550. The van der Waals surface area contributed by atoms with Crippen LogP contribution in [0.5, 0.6) is 0 Å². The van der Waals surface area contributed by atoms with Gasteiger partial charge in [0.05, 0.1) is 10.9 Å². The van der Waals surface area contributed by atoms with Crippen LogP contribution < -0.4 is 4.72 Å². The van der Waals surface area contributed by atoms with Crippen molar-refractivity contribution in [1.29, 1.82) is 0 Å². The molecule has 1 N–H and O–H groups in total. The number of esters is 1. The fourth-order valence-electron chi connectivity index (χ4n) is 2.36. The third kappa shape index (κ3) is 7.30. The van der Waals surface area contributed by atoms with E-state index in [-0.39, 0.29) is 10.5 Å². The molecule has 6 heteroatoms. The van der Waals surface area contributed by atoms with Crippen molar-refractivity contribution in [1.82, 2.24) is 4.72 Å². The van der Waals surface area contributed by atoms with Crippen molar-refractivity contribution < 1.29 is 17.9 Å². The number of sulfonamides is 1. The molecule has 0 aliphatic heterocycles. The highest BCUT2D eigenvalue weighted by molar-refractivity contribution is 7.89. The van der Waals surface area contributed by atoms with Crippen molar-refractivity contribution in [3.05, 3.63) is 42.0 Å². The SMILES string of the molecule is C=C(C(=O)OC(C)(C)C)[C@H](CCCCC)NS(=O)(=O)c1ccc(C)cc1. The number of hydrogen-bond acceptors (Lipinski definition) is 4. The number of carbonyl (C=O) groups is 1. The summed E-state index contributed by atoms with van der Waals surface area (Å²) in [6.07, 6.45) is 3.23. The first-order valence-corrected chi connectivity index (χ1v) is 10.5. The van der Waals surface area contributed by atoms with Crippen LogP contribution in [0.4, 0.5) is 0 Å². The molecule has 0 fully saturated rings. The maximum absolute atomic E-state index is 12.7. The van der Waals surface area contributed by atoms with E-state index in [1.807, 2.05) is 6.92 Å². The Morgan fingerprint density at radius 3 is 2.27 bits per heavy atom. The molecule has 1 rings (SSSR count). The molecule has 0 heterocycles. The second-order valence-electron chi connectivity index (χ2n) is 7.51. The summed E-state index contributed by atoms with van der Waals surface area (Å²) in [7, 11) is -3.75. The standard InChI is InChI=1S/C20H31NO4S/c1-7-8-9-10-18(16(3)19(22)25-20(4,5)6)21-26(23,24)17-13-11-15(2)12-14-17/h11-14,18,21H,3,7-10H2,1-2,4-6H3/t18-/m0/s1. The highest BCUT2D eigenvalue weighted by atomic mass is 32.2. The normalized spacial score (nSPS) is 13.3. The summed E-state index contributed by atoms with van der Waals surface area (Å²) in [5, 5.41) is 0. The van der Waals surface area contributed by atoms with Gasteiger partial charge in [-0.2, -0.15) is 0 Å². The molecule has 0 bridgehead atoms. The zero-order chi connectivity index (χ0) is 20.0. The first-order chi connectivity index (χ1) is 12.0. The second-order valence-corrected chi connectivity index (χ2v) is 9.22. The minimum Gasteiger partial charge on any atom is -0.457 e. The molecule has 5 nitrogen and oxygen atoms in total. The van der Waals surface area contributed by atoms with E-state index in [1.54, 1.807) is 45.0 Å². The summed E-state index contributed by atoms with van der Waals surface area (Å²) in [5.41, 5.74) is 0.442. The van der Waals surface area contributed by atoms with Gasteiger partial charge in [0.2, 0.25) is 10.0 Å². The summed E-state index contributed by atoms with van der Waals surface area (Å²) >= 11 is 0. The summed E-state index contributed by atoms with van der Waals surface area (Å²) in [6, 6.07) is 5.89. The van der Waals surface area contributed by atoms with Crippen LogP contribution in [0.1, 0.15) is 58.9 Å². The van der Waals surface area contributed by atoms with Crippen LogP contribution in [0.15, 0.2) is 41.3 Å². The zero-order valence-corrected chi connectivity index (χ0v) is 17.3. The molecule has 1 atom stereocenters. The Hall–Kier alpha value is -1.66. The van der Waals surface area contributed by atoms with Crippen molar-refractivity contribution >= 4 is 16.0 Å². The lowest BCUT2D eigenvalue weighted by atomic mass is 10.0. The largest absolute Gasteiger partial charge is 0.457 e. The molecule has 0 saturated heterocycles. The fourth-order valence-corrected chi connectivity index (χ4v) is 3.63. The Morgan fingerprint density at radius 2 is 1.77 bits per heavy atom. The van der Waals surface area contributed by atoms with Gasteiger partial charge in [-0.25, -0.2) is 17.9 Å². The molecule has 0 spiro atoms. The summed E-state index contributed by atoms with van der Waals surface area (Å²) in [4.78, 5) is 12.5. The van der Waals surface area contributed by atoms with Crippen molar-refractivity contribution in [3.8, 4) is 0 Å². The first-order valence-electron chi connectivity index (χ1n) is 8.97. The van der Waals surface area contributed by atoms with Crippen molar-refractivity contribution in [2.24, 2.45) is 0 Å². The molecule has 0 saturated carbocycles. The molecule has 26 heavy (non-hydrogen) atoms. The van der Waals surface area contributed by atoms with E-state index in [4.69, 9.17) is 4.74 Å². The zero-order valence-electron chi connectivity index (χ0n) is 16.5. The van der Waals surface area contributed by atoms with Gasteiger partial charge in [0.1, 0.15) is 5.60 Å². The highest BCUT2D eigenvalue weighted by Crippen LogP contribution is 2.19. The summed E-state index contributed by atoms with van der Waals surface area (Å²) in [5.74, 6) is -0.578. The lowest BCUT2D eigenvalue weighted by Gasteiger charge is -2.24. The molecule has 0 unspecified atom stereocenters. The number of hydrogen-bond donors (Lipinski definition) is 1. The van der Waals surface area contributed by atoms with Gasteiger partial charge in [0.15, 0.2) is 0 Å². The number of benzene rings is 1. The molecule has 0 aliphatic rings. The number of ether oxygens (including phenoxy) is 1. The van der Waals surface area contributed by atoms with Crippen molar-refractivity contribution in [2.45, 2.75) is 76.8 Å². The van der Waals surface area contributed by atoms with Crippen molar-refractivity contribution in [2.75, 3.05) is 0 Å². The monoisotopic (exact) mass is 381 g/mol. The quantitative estimate of drug-likeness (QED) is 0.397. The second kappa shape index (κ2) is 9.33. The Balaban J connectivity index is 2.99. The van der Waals surface area contributed by atoms with Gasteiger partial charge in [-0.15, -0.1) is 0 Å². The van der Waals surface area contributed by atoms with E-state index in [0.717, 1.165) is 24.8 Å². The van der Waals surface area contributed by atoms with Crippen LogP contribution >= 0.6 is 0 Å². The topological polar surface area (TPSA) is 72.5 Å². The number of rotatable bonds is 9. The number of unbranched alkanes of at least 4 members (excludes halogenated alkanes) is 2. The molecule has 146 valence electrons. The van der Waals surface area contributed by atoms with Crippen molar-refractivity contribution in [3.63, 3.8) is 0 Å². The predicted octanol–water partition coefficient (Wildman–Crippen LogP) is 4.12. The molecule has 0 aliphatic carbocycles. The molecule has 0 aromatic heterocycles. The number of aryl methyl sites for hydroxylation is 1. The molecule has 1 aromatic rings. The third-order valence-electron chi connectivity index (χ3n) is 3.81. The first kappa shape index (κ1) is 22.4. The minimum absolute atomic E-state index is 0.131. The third-order valence-corrected chi connectivity index (χ3v) is 5.29. The summed E-state index contributed by atoms with van der Waals surface area (Å²) in [6.45, 7) is 13.1. The van der Waals surface area contributed by atoms with E-state index in [2.05, 4.69) is 18.2 Å². The van der Waals surface area contributed by atoms with Crippen LogP contribution in [0.25, 0.3) is 0 Å². The average molecular weight is 382 g/mol. The van der Waals surface area contributed by atoms with E-state index in [9.17, 15) is 13.2 Å². The van der Waals surface area contributed by atoms with E-state index in [1.165, 1.54) is 0 Å². The lowest BCUT2D eigenvalue weighted by Crippen LogP contribution is -2.39. The maximum atomic E-state index is 12.7. The molecule has 0 amide bonds. The van der Waals surface area contributed by atoms with Crippen LogP contribution in [0.3, 0.4) is 0 Å².